The predicted octanol–water partition coefficient (Wildman–Crippen LogP) is 1.69. The van der Waals surface area contributed by atoms with Gasteiger partial charge in [-0.05, 0) is 25.0 Å². The number of hydrogen-bond donors (Lipinski definition) is 1. The van der Waals surface area contributed by atoms with E-state index in [1.807, 2.05) is 12.1 Å². The molecule has 1 aromatic heterocycles. The smallest absolute Gasteiger partial charge is 0.142 e. The lowest BCUT2D eigenvalue weighted by Crippen LogP contribution is -2.38. The lowest BCUT2D eigenvalue weighted by Gasteiger charge is -2.29. The van der Waals surface area contributed by atoms with Crippen molar-refractivity contribution in [3.8, 4) is 6.07 Å². The fourth-order valence-electron chi connectivity index (χ4n) is 2.31. The van der Waals surface area contributed by atoms with Crippen molar-refractivity contribution in [2.45, 2.75) is 31.7 Å². The topological polar surface area (TPSA) is 60.2 Å². The second-order valence-electron chi connectivity index (χ2n) is 4.37. The molecule has 0 spiro atoms. The Morgan fingerprint density at radius 1 is 1.41 bits per heavy atom. The van der Waals surface area contributed by atoms with Crippen LogP contribution >= 0.6 is 0 Å². The average molecular weight is 231 g/mol. The molecule has 0 amide bonds. The summed E-state index contributed by atoms with van der Waals surface area (Å²) in [5, 5.41) is 18.3. The quantitative estimate of drug-likeness (QED) is 0.841. The number of pyridine rings is 1. The standard InChI is InChI=1S/C13H17N3O/c14-9-11-5-4-7-13(15-11)16-8-3-1-2-6-12(16)10-17/h4-5,7,12,17H,1-3,6,8,10H2. The Labute approximate surface area is 102 Å². The monoisotopic (exact) mass is 231 g/mol. The van der Waals surface area contributed by atoms with Crippen LogP contribution in [0.1, 0.15) is 31.4 Å². The Kier molecular flexibility index (Phi) is 3.94. The molecule has 4 nitrogen and oxygen atoms in total. The summed E-state index contributed by atoms with van der Waals surface area (Å²) in [4.78, 5) is 6.44. The first-order valence-electron chi connectivity index (χ1n) is 6.10. The summed E-state index contributed by atoms with van der Waals surface area (Å²) in [6.07, 6.45) is 4.47. The maximum Gasteiger partial charge on any atom is 0.142 e. The summed E-state index contributed by atoms with van der Waals surface area (Å²) in [5.41, 5.74) is 0.434. The van der Waals surface area contributed by atoms with Gasteiger partial charge in [0.15, 0.2) is 0 Å². The van der Waals surface area contributed by atoms with Crippen molar-refractivity contribution in [3.63, 3.8) is 0 Å². The molecule has 1 unspecified atom stereocenters. The zero-order chi connectivity index (χ0) is 12.1. The number of aliphatic hydroxyl groups is 1. The largest absolute Gasteiger partial charge is 0.394 e. The lowest BCUT2D eigenvalue weighted by molar-refractivity contribution is 0.254. The molecule has 17 heavy (non-hydrogen) atoms. The van der Waals surface area contributed by atoms with E-state index >= 15 is 0 Å². The summed E-state index contributed by atoms with van der Waals surface area (Å²) in [6, 6.07) is 7.66. The number of rotatable bonds is 2. The minimum absolute atomic E-state index is 0.138. The van der Waals surface area contributed by atoms with Gasteiger partial charge in [-0.3, -0.25) is 0 Å². The molecule has 4 heteroatoms. The lowest BCUT2D eigenvalue weighted by atomic mass is 10.1. The van der Waals surface area contributed by atoms with Gasteiger partial charge >= 0.3 is 0 Å². The zero-order valence-corrected chi connectivity index (χ0v) is 9.84. The van der Waals surface area contributed by atoms with Gasteiger partial charge < -0.3 is 10.0 Å². The highest BCUT2D eigenvalue weighted by atomic mass is 16.3. The zero-order valence-electron chi connectivity index (χ0n) is 9.84. The number of nitriles is 1. The summed E-state index contributed by atoms with van der Waals surface area (Å²) < 4.78 is 0. The van der Waals surface area contributed by atoms with Crippen molar-refractivity contribution >= 4 is 5.82 Å². The van der Waals surface area contributed by atoms with Crippen LogP contribution in [-0.2, 0) is 0 Å². The minimum atomic E-state index is 0.138. The Balaban J connectivity index is 2.25. The molecule has 1 atom stereocenters. The van der Waals surface area contributed by atoms with Crippen LogP contribution in [0.2, 0.25) is 0 Å². The van der Waals surface area contributed by atoms with E-state index in [0.717, 1.165) is 31.6 Å². The highest BCUT2D eigenvalue weighted by Gasteiger charge is 2.21. The van der Waals surface area contributed by atoms with Crippen molar-refractivity contribution in [3.05, 3.63) is 23.9 Å². The van der Waals surface area contributed by atoms with Crippen LogP contribution in [0.25, 0.3) is 0 Å². The molecule has 1 N–H and O–H groups in total. The van der Waals surface area contributed by atoms with E-state index in [9.17, 15) is 5.11 Å². The third-order valence-electron chi connectivity index (χ3n) is 3.23. The highest BCUT2D eigenvalue weighted by Crippen LogP contribution is 2.22. The van der Waals surface area contributed by atoms with Gasteiger partial charge in [0.1, 0.15) is 17.6 Å². The molecule has 0 radical (unpaired) electrons. The normalized spacial score (nSPS) is 20.7. The second-order valence-corrected chi connectivity index (χ2v) is 4.37. The Morgan fingerprint density at radius 2 is 2.29 bits per heavy atom. The van der Waals surface area contributed by atoms with Crippen LogP contribution in [0.5, 0.6) is 0 Å². The van der Waals surface area contributed by atoms with E-state index in [1.54, 1.807) is 6.07 Å². The molecule has 0 aliphatic carbocycles. The molecule has 1 aliphatic rings. The molecule has 1 saturated heterocycles. The molecule has 90 valence electrons. The van der Waals surface area contributed by atoms with Crippen molar-refractivity contribution in [1.29, 1.82) is 5.26 Å². The first-order chi connectivity index (χ1) is 8.35. The summed E-state index contributed by atoms with van der Waals surface area (Å²) in [5.74, 6) is 0.810. The van der Waals surface area contributed by atoms with Gasteiger partial charge in [-0.25, -0.2) is 4.98 Å². The molecular weight excluding hydrogens is 214 g/mol. The fraction of sp³-hybridized carbons (Fsp3) is 0.538. The molecule has 2 heterocycles. The van der Waals surface area contributed by atoms with Crippen molar-refractivity contribution in [1.82, 2.24) is 4.98 Å². The third-order valence-corrected chi connectivity index (χ3v) is 3.23. The Hall–Kier alpha value is -1.60. The van der Waals surface area contributed by atoms with Gasteiger partial charge in [0.05, 0.1) is 12.6 Å². The van der Waals surface area contributed by atoms with Crippen LogP contribution < -0.4 is 4.90 Å². The van der Waals surface area contributed by atoms with E-state index in [-0.39, 0.29) is 12.6 Å². The number of nitrogens with zero attached hydrogens (tertiary/aromatic N) is 3. The SMILES string of the molecule is N#Cc1cccc(N2CCCCCC2CO)n1. The van der Waals surface area contributed by atoms with E-state index in [0.29, 0.717) is 5.69 Å². The Bertz CT molecular complexity index is 413. The van der Waals surface area contributed by atoms with E-state index in [2.05, 4.69) is 16.0 Å². The summed E-state index contributed by atoms with van der Waals surface area (Å²) in [6.45, 7) is 1.06. The molecule has 2 rings (SSSR count). The fourth-order valence-corrected chi connectivity index (χ4v) is 2.31. The van der Waals surface area contributed by atoms with E-state index < -0.39 is 0 Å². The summed E-state index contributed by atoms with van der Waals surface area (Å²) >= 11 is 0. The predicted molar refractivity (Wildman–Crippen MR) is 65.6 cm³/mol. The molecular formula is C13H17N3O. The van der Waals surface area contributed by atoms with Crippen LogP contribution in [0, 0.1) is 11.3 Å². The average Bonchev–Trinajstić information content (AvgIpc) is 2.63. The molecule has 1 aliphatic heterocycles. The number of aromatic nitrogens is 1. The van der Waals surface area contributed by atoms with Gasteiger partial charge in [0, 0.05) is 6.54 Å². The van der Waals surface area contributed by atoms with Gasteiger partial charge in [-0.15, -0.1) is 0 Å². The first-order valence-corrected chi connectivity index (χ1v) is 6.10. The van der Waals surface area contributed by atoms with E-state index in [1.165, 1.54) is 6.42 Å². The van der Waals surface area contributed by atoms with Crippen LogP contribution in [0.15, 0.2) is 18.2 Å². The first kappa shape index (κ1) is 11.9. The number of anilines is 1. The highest BCUT2D eigenvalue weighted by molar-refractivity contribution is 5.42. The molecule has 0 aromatic carbocycles. The molecule has 1 aromatic rings. The molecule has 0 saturated carbocycles. The van der Waals surface area contributed by atoms with Gasteiger partial charge in [0.25, 0.3) is 0 Å². The van der Waals surface area contributed by atoms with Crippen LogP contribution in [-0.4, -0.2) is 29.3 Å². The van der Waals surface area contributed by atoms with Crippen LogP contribution in [0.3, 0.4) is 0 Å². The maximum absolute atomic E-state index is 9.44. The van der Waals surface area contributed by atoms with Gasteiger partial charge in [0.2, 0.25) is 0 Å². The van der Waals surface area contributed by atoms with Gasteiger partial charge in [-0.1, -0.05) is 18.9 Å². The molecule has 0 bridgehead atoms. The van der Waals surface area contributed by atoms with Crippen molar-refractivity contribution < 1.29 is 5.11 Å². The summed E-state index contributed by atoms with van der Waals surface area (Å²) in [7, 11) is 0. The number of aliphatic hydroxyl groups excluding tert-OH is 1. The number of hydrogen-bond acceptors (Lipinski definition) is 4. The second kappa shape index (κ2) is 5.65. The maximum atomic E-state index is 9.44. The van der Waals surface area contributed by atoms with Crippen molar-refractivity contribution in [2.75, 3.05) is 18.1 Å². The van der Waals surface area contributed by atoms with E-state index in [4.69, 9.17) is 5.26 Å². The van der Waals surface area contributed by atoms with Crippen molar-refractivity contribution in [2.24, 2.45) is 0 Å². The minimum Gasteiger partial charge on any atom is -0.394 e. The third kappa shape index (κ3) is 2.75. The molecule has 1 fully saturated rings. The van der Waals surface area contributed by atoms with Gasteiger partial charge in [-0.2, -0.15) is 5.26 Å². The van der Waals surface area contributed by atoms with Crippen LogP contribution in [0.4, 0.5) is 5.82 Å². The Morgan fingerprint density at radius 3 is 3.06 bits per heavy atom.